The first-order valence-corrected chi connectivity index (χ1v) is 8.09. The van der Waals surface area contributed by atoms with Gasteiger partial charge in [-0.25, -0.2) is 4.98 Å². The minimum absolute atomic E-state index is 0.660. The molecule has 3 heterocycles. The summed E-state index contributed by atoms with van der Waals surface area (Å²) in [5, 5.41) is 3.44. The van der Waals surface area contributed by atoms with Gasteiger partial charge in [0.25, 0.3) is 0 Å². The highest BCUT2D eigenvalue weighted by Gasteiger charge is 2.23. The van der Waals surface area contributed by atoms with Gasteiger partial charge in [-0.15, -0.1) is 0 Å². The molecule has 2 aliphatic rings. The lowest BCUT2D eigenvalue weighted by molar-refractivity contribution is 0.0477. The summed E-state index contributed by atoms with van der Waals surface area (Å²) in [5.74, 6) is 2.62. The molecular weight excluding hydrogens is 250 g/mol. The first kappa shape index (κ1) is 14.1. The van der Waals surface area contributed by atoms with E-state index in [0.717, 1.165) is 45.7 Å². The maximum absolute atomic E-state index is 5.65. The third kappa shape index (κ3) is 3.07. The average Bonchev–Trinajstić information content (AvgIpc) is 2.77. The zero-order valence-electron chi connectivity index (χ0n) is 12.8. The van der Waals surface area contributed by atoms with Gasteiger partial charge in [0.05, 0.1) is 12.3 Å². The SMILES string of the molecule is CC(C)Cc1nc2c(n1CC1CCCOC1)CCNC2. The molecule has 20 heavy (non-hydrogen) atoms. The molecule has 4 nitrogen and oxygen atoms in total. The molecule has 0 aliphatic carbocycles. The van der Waals surface area contributed by atoms with E-state index < -0.39 is 0 Å². The molecular formula is C16H27N3O. The number of imidazole rings is 1. The number of nitrogens with one attached hydrogen (secondary N) is 1. The summed E-state index contributed by atoms with van der Waals surface area (Å²) in [6, 6.07) is 0. The van der Waals surface area contributed by atoms with Crippen LogP contribution in [0.5, 0.6) is 0 Å². The number of aromatic nitrogens is 2. The third-order valence-electron chi connectivity index (χ3n) is 4.35. The van der Waals surface area contributed by atoms with Crippen molar-refractivity contribution in [2.75, 3.05) is 19.8 Å². The fourth-order valence-corrected chi connectivity index (χ4v) is 3.37. The second kappa shape index (κ2) is 6.27. The smallest absolute Gasteiger partial charge is 0.109 e. The van der Waals surface area contributed by atoms with Gasteiger partial charge in [0, 0.05) is 50.7 Å². The van der Waals surface area contributed by atoms with Crippen molar-refractivity contribution >= 4 is 0 Å². The Kier molecular flexibility index (Phi) is 4.41. The summed E-state index contributed by atoms with van der Waals surface area (Å²) in [5.41, 5.74) is 2.76. The molecule has 1 aromatic rings. The Morgan fingerprint density at radius 2 is 2.35 bits per heavy atom. The van der Waals surface area contributed by atoms with Gasteiger partial charge in [-0.05, 0) is 18.8 Å². The average molecular weight is 277 g/mol. The molecule has 2 aliphatic heterocycles. The standard InChI is InChI=1S/C16H27N3O/c1-12(2)8-16-18-14-9-17-6-5-15(14)19(16)10-13-4-3-7-20-11-13/h12-13,17H,3-11H2,1-2H3. The van der Waals surface area contributed by atoms with Crippen molar-refractivity contribution in [3.63, 3.8) is 0 Å². The van der Waals surface area contributed by atoms with Crippen LogP contribution in [0.25, 0.3) is 0 Å². The van der Waals surface area contributed by atoms with Gasteiger partial charge in [-0.3, -0.25) is 0 Å². The Morgan fingerprint density at radius 1 is 1.45 bits per heavy atom. The molecule has 3 rings (SSSR count). The van der Waals surface area contributed by atoms with Gasteiger partial charge in [-0.1, -0.05) is 13.8 Å². The van der Waals surface area contributed by atoms with Gasteiger partial charge in [0.1, 0.15) is 5.82 Å². The molecule has 0 spiro atoms. The summed E-state index contributed by atoms with van der Waals surface area (Å²) in [6.07, 6.45) is 4.71. The van der Waals surface area contributed by atoms with E-state index in [4.69, 9.17) is 9.72 Å². The van der Waals surface area contributed by atoms with Crippen LogP contribution >= 0.6 is 0 Å². The lowest BCUT2D eigenvalue weighted by atomic mass is 10.0. The lowest BCUT2D eigenvalue weighted by Crippen LogP contribution is -2.28. The quantitative estimate of drug-likeness (QED) is 0.916. The second-order valence-corrected chi connectivity index (χ2v) is 6.64. The van der Waals surface area contributed by atoms with E-state index in [1.165, 1.54) is 30.1 Å². The monoisotopic (exact) mass is 277 g/mol. The van der Waals surface area contributed by atoms with Crippen LogP contribution < -0.4 is 5.32 Å². The van der Waals surface area contributed by atoms with Crippen molar-refractivity contribution in [2.45, 2.75) is 52.6 Å². The normalized spacial score (nSPS) is 23.1. The number of rotatable bonds is 4. The Hall–Kier alpha value is -0.870. The van der Waals surface area contributed by atoms with Gasteiger partial charge < -0.3 is 14.6 Å². The summed E-state index contributed by atoms with van der Waals surface area (Å²) < 4.78 is 8.17. The fraction of sp³-hybridized carbons (Fsp3) is 0.812. The van der Waals surface area contributed by atoms with Gasteiger partial charge >= 0.3 is 0 Å². The number of hydrogen-bond donors (Lipinski definition) is 1. The van der Waals surface area contributed by atoms with Crippen LogP contribution in [-0.2, 0) is 30.7 Å². The van der Waals surface area contributed by atoms with Gasteiger partial charge in [0.2, 0.25) is 0 Å². The Labute approximate surface area is 121 Å². The molecule has 0 bridgehead atoms. The topological polar surface area (TPSA) is 39.1 Å². The highest BCUT2D eigenvalue weighted by atomic mass is 16.5. The molecule has 0 saturated carbocycles. The maximum Gasteiger partial charge on any atom is 0.109 e. The summed E-state index contributed by atoms with van der Waals surface area (Å²) in [6.45, 7) is 9.55. The maximum atomic E-state index is 5.65. The van der Waals surface area contributed by atoms with Crippen LogP contribution in [0.15, 0.2) is 0 Å². The minimum Gasteiger partial charge on any atom is -0.381 e. The van der Waals surface area contributed by atoms with Crippen LogP contribution in [0, 0.1) is 11.8 Å². The third-order valence-corrected chi connectivity index (χ3v) is 4.35. The van der Waals surface area contributed by atoms with Gasteiger partial charge in [-0.2, -0.15) is 0 Å². The van der Waals surface area contributed by atoms with E-state index in [-0.39, 0.29) is 0 Å². The number of nitrogens with zero attached hydrogens (tertiary/aromatic N) is 2. The predicted molar refractivity (Wildman–Crippen MR) is 79.7 cm³/mol. The van der Waals surface area contributed by atoms with Crippen LogP contribution in [0.3, 0.4) is 0 Å². The van der Waals surface area contributed by atoms with Crippen molar-refractivity contribution in [1.29, 1.82) is 0 Å². The first-order valence-electron chi connectivity index (χ1n) is 8.09. The predicted octanol–water partition coefficient (Wildman–Crippen LogP) is 2.15. The molecule has 0 radical (unpaired) electrons. The molecule has 1 unspecified atom stereocenters. The molecule has 0 aromatic carbocycles. The lowest BCUT2D eigenvalue weighted by Gasteiger charge is -2.25. The first-order chi connectivity index (χ1) is 9.74. The highest BCUT2D eigenvalue weighted by molar-refractivity contribution is 5.20. The van der Waals surface area contributed by atoms with E-state index in [1.807, 2.05) is 0 Å². The van der Waals surface area contributed by atoms with Crippen LogP contribution in [-0.4, -0.2) is 29.3 Å². The van der Waals surface area contributed by atoms with E-state index in [0.29, 0.717) is 11.8 Å². The molecule has 1 saturated heterocycles. The zero-order valence-corrected chi connectivity index (χ0v) is 12.8. The highest BCUT2D eigenvalue weighted by Crippen LogP contribution is 2.23. The zero-order chi connectivity index (χ0) is 13.9. The van der Waals surface area contributed by atoms with Gasteiger partial charge in [0.15, 0.2) is 0 Å². The molecule has 0 amide bonds. The van der Waals surface area contributed by atoms with Crippen LogP contribution in [0.4, 0.5) is 0 Å². The van der Waals surface area contributed by atoms with E-state index in [2.05, 4.69) is 23.7 Å². The summed E-state index contributed by atoms with van der Waals surface area (Å²) >= 11 is 0. The molecule has 1 N–H and O–H groups in total. The Bertz CT molecular complexity index is 447. The molecule has 112 valence electrons. The number of fused-ring (bicyclic) bond motifs is 1. The van der Waals surface area contributed by atoms with Crippen LogP contribution in [0.1, 0.15) is 43.9 Å². The summed E-state index contributed by atoms with van der Waals surface area (Å²) in [4.78, 5) is 4.92. The summed E-state index contributed by atoms with van der Waals surface area (Å²) in [7, 11) is 0. The van der Waals surface area contributed by atoms with E-state index >= 15 is 0 Å². The molecule has 1 fully saturated rings. The second-order valence-electron chi connectivity index (χ2n) is 6.64. The molecule has 1 atom stereocenters. The van der Waals surface area contributed by atoms with E-state index in [1.54, 1.807) is 0 Å². The molecule has 1 aromatic heterocycles. The van der Waals surface area contributed by atoms with Crippen molar-refractivity contribution < 1.29 is 4.74 Å². The largest absolute Gasteiger partial charge is 0.381 e. The molecule has 4 heteroatoms. The van der Waals surface area contributed by atoms with Crippen molar-refractivity contribution in [2.24, 2.45) is 11.8 Å². The van der Waals surface area contributed by atoms with Crippen molar-refractivity contribution in [3.8, 4) is 0 Å². The Balaban J connectivity index is 1.83. The number of ether oxygens (including phenoxy) is 1. The Morgan fingerprint density at radius 3 is 3.10 bits per heavy atom. The van der Waals surface area contributed by atoms with Crippen molar-refractivity contribution in [1.82, 2.24) is 14.9 Å². The minimum atomic E-state index is 0.660. The van der Waals surface area contributed by atoms with E-state index in [9.17, 15) is 0 Å². The van der Waals surface area contributed by atoms with Crippen molar-refractivity contribution in [3.05, 3.63) is 17.2 Å². The number of hydrogen-bond acceptors (Lipinski definition) is 3. The van der Waals surface area contributed by atoms with Crippen LogP contribution in [0.2, 0.25) is 0 Å². The fourth-order valence-electron chi connectivity index (χ4n) is 3.37.